The van der Waals surface area contributed by atoms with Crippen molar-refractivity contribution in [2.24, 2.45) is 0 Å². The summed E-state index contributed by atoms with van der Waals surface area (Å²) in [7, 11) is 0. The first-order valence-corrected chi connectivity index (χ1v) is 9.37. The second-order valence-corrected chi connectivity index (χ2v) is 7.06. The molecule has 0 aliphatic heterocycles. The Balaban J connectivity index is 1.62. The molecule has 0 saturated carbocycles. The maximum Gasteiger partial charge on any atom is 0.257 e. The molecular formula is C19H22ClNO2S. The lowest BCUT2D eigenvalue weighted by molar-refractivity contribution is -0.122. The van der Waals surface area contributed by atoms with E-state index in [1.807, 2.05) is 56.3 Å². The molecule has 1 amide bonds. The van der Waals surface area contributed by atoms with Crippen LogP contribution in [-0.2, 0) is 10.5 Å². The van der Waals surface area contributed by atoms with Gasteiger partial charge in [0.1, 0.15) is 5.75 Å². The first-order valence-electron chi connectivity index (χ1n) is 7.84. The van der Waals surface area contributed by atoms with Crippen molar-refractivity contribution in [3.05, 3.63) is 64.2 Å². The van der Waals surface area contributed by atoms with Crippen LogP contribution in [0.15, 0.2) is 42.5 Å². The van der Waals surface area contributed by atoms with Gasteiger partial charge in [0.05, 0.1) is 0 Å². The van der Waals surface area contributed by atoms with Crippen LogP contribution in [-0.4, -0.2) is 24.8 Å². The predicted octanol–water partition coefficient (Wildman–Crippen LogP) is 4.39. The average molecular weight is 364 g/mol. The van der Waals surface area contributed by atoms with Crippen molar-refractivity contribution < 1.29 is 9.53 Å². The van der Waals surface area contributed by atoms with E-state index in [0.717, 1.165) is 33.4 Å². The molecule has 2 rings (SSSR count). The van der Waals surface area contributed by atoms with Gasteiger partial charge >= 0.3 is 0 Å². The number of hydrogen-bond donors (Lipinski definition) is 1. The van der Waals surface area contributed by atoms with Gasteiger partial charge in [0.25, 0.3) is 5.91 Å². The van der Waals surface area contributed by atoms with Crippen molar-refractivity contribution in [2.75, 3.05) is 18.9 Å². The number of carbonyl (C=O) groups excluding carboxylic acids is 1. The number of thioether (sulfide) groups is 1. The van der Waals surface area contributed by atoms with Crippen molar-refractivity contribution in [3.8, 4) is 5.75 Å². The Morgan fingerprint density at radius 1 is 1.21 bits per heavy atom. The van der Waals surface area contributed by atoms with Crippen molar-refractivity contribution in [1.82, 2.24) is 5.32 Å². The van der Waals surface area contributed by atoms with Crippen LogP contribution < -0.4 is 10.1 Å². The number of benzene rings is 2. The Morgan fingerprint density at radius 3 is 2.75 bits per heavy atom. The molecule has 128 valence electrons. The lowest BCUT2D eigenvalue weighted by Crippen LogP contribution is -2.30. The van der Waals surface area contributed by atoms with Gasteiger partial charge in [-0.05, 0) is 37.1 Å². The molecule has 0 spiro atoms. The van der Waals surface area contributed by atoms with Crippen LogP contribution in [0.5, 0.6) is 5.75 Å². The molecule has 0 radical (unpaired) electrons. The third-order valence-electron chi connectivity index (χ3n) is 3.47. The molecular weight excluding hydrogens is 342 g/mol. The number of ether oxygens (including phenoxy) is 1. The van der Waals surface area contributed by atoms with E-state index in [2.05, 4.69) is 5.32 Å². The lowest BCUT2D eigenvalue weighted by atomic mass is 10.1. The summed E-state index contributed by atoms with van der Waals surface area (Å²) < 4.78 is 5.56. The average Bonchev–Trinajstić information content (AvgIpc) is 2.55. The summed E-state index contributed by atoms with van der Waals surface area (Å²) in [6, 6.07) is 13.7. The highest BCUT2D eigenvalue weighted by Gasteiger charge is 2.05. The second-order valence-electron chi connectivity index (χ2n) is 5.55. The zero-order valence-corrected chi connectivity index (χ0v) is 15.5. The molecule has 3 nitrogen and oxygen atoms in total. The van der Waals surface area contributed by atoms with Gasteiger partial charge < -0.3 is 10.1 Å². The Bertz CT molecular complexity index is 691. The third-order valence-corrected chi connectivity index (χ3v) is 4.85. The minimum Gasteiger partial charge on any atom is -0.484 e. The van der Waals surface area contributed by atoms with E-state index in [9.17, 15) is 4.79 Å². The van der Waals surface area contributed by atoms with E-state index in [0.29, 0.717) is 6.54 Å². The van der Waals surface area contributed by atoms with Crippen LogP contribution in [0, 0.1) is 13.8 Å². The lowest BCUT2D eigenvalue weighted by Gasteiger charge is -2.10. The maximum absolute atomic E-state index is 11.8. The summed E-state index contributed by atoms with van der Waals surface area (Å²) in [5, 5.41) is 3.65. The normalized spacial score (nSPS) is 10.5. The highest BCUT2D eigenvalue weighted by Crippen LogP contribution is 2.20. The molecule has 0 fully saturated rings. The number of carbonyl (C=O) groups is 1. The van der Waals surface area contributed by atoms with Crippen molar-refractivity contribution in [1.29, 1.82) is 0 Å². The summed E-state index contributed by atoms with van der Waals surface area (Å²) >= 11 is 7.85. The first kappa shape index (κ1) is 18.7. The summed E-state index contributed by atoms with van der Waals surface area (Å²) in [6.45, 7) is 4.67. The molecule has 5 heteroatoms. The van der Waals surface area contributed by atoms with Crippen LogP contribution in [0.4, 0.5) is 0 Å². The fraction of sp³-hybridized carbons (Fsp3) is 0.316. The molecule has 0 aromatic heterocycles. The van der Waals surface area contributed by atoms with E-state index in [-0.39, 0.29) is 12.5 Å². The van der Waals surface area contributed by atoms with Gasteiger partial charge in [-0.25, -0.2) is 0 Å². The van der Waals surface area contributed by atoms with Crippen LogP contribution in [0.2, 0.25) is 5.02 Å². The van der Waals surface area contributed by atoms with E-state index in [1.54, 1.807) is 11.8 Å². The molecule has 0 aliphatic carbocycles. The fourth-order valence-electron chi connectivity index (χ4n) is 2.22. The largest absolute Gasteiger partial charge is 0.484 e. The molecule has 1 N–H and O–H groups in total. The van der Waals surface area contributed by atoms with Crippen LogP contribution >= 0.6 is 23.4 Å². The van der Waals surface area contributed by atoms with E-state index >= 15 is 0 Å². The minimum absolute atomic E-state index is 0.0408. The van der Waals surface area contributed by atoms with Crippen LogP contribution in [0.25, 0.3) is 0 Å². The molecule has 0 saturated heterocycles. The maximum atomic E-state index is 11.8. The van der Waals surface area contributed by atoms with E-state index in [1.165, 1.54) is 5.56 Å². The predicted molar refractivity (Wildman–Crippen MR) is 102 cm³/mol. The second kappa shape index (κ2) is 9.60. The van der Waals surface area contributed by atoms with E-state index < -0.39 is 0 Å². The molecule has 2 aromatic rings. The zero-order chi connectivity index (χ0) is 17.4. The zero-order valence-electron chi connectivity index (χ0n) is 14.0. The van der Waals surface area contributed by atoms with Crippen molar-refractivity contribution in [3.63, 3.8) is 0 Å². The minimum atomic E-state index is -0.103. The number of amides is 1. The quantitative estimate of drug-likeness (QED) is 0.707. The van der Waals surface area contributed by atoms with Gasteiger partial charge in [0.2, 0.25) is 0 Å². The van der Waals surface area contributed by atoms with Crippen LogP contribution in [0.3, 0.4) is 0 Å². The van der Waals surface area contributed by atoms with Gasteiger partial charge in [-0.1, -0.05) is 47.5 Å². The summed E-state index contributed by atoms with van der Waals surface area (Å²) in [4.78, 5) is 11.8. The highest BCUT2D eigenvalue weighted by atomic mass is 35.5. The van der Waals surface area contributed by atoms with Gasteiger partial charge in [0.15, 0.2) is 6.61 Å². The molecule has 0 aliphatic rings. The molecule has 0 heterocycles. The summed E-state index contributed by atoms with van der Waals surface area (Å²) in [6.07, 6.45) is 0. The van der Waals surface area contributed by atoms with Crippen molar-refractivity contribution >= 4 is 29.3 Å². The Labute approximate surface area is 152 Å². The van der Waals surface area contributed by atoms with Crippen molar-refractivity contribution in [2.45, 2.75) is 19.6 Å². The molecule has 2 aromatic carbocycles. The smallest absolute Gasteiger partial charge is 0.257 e. The van der Waals surface area contributed by atoms with Crippen LogP contribution in [0.1, 0.15) is 16.7 Å². The first-order chi connectivity index (χ1) is 11.6. The van der Waals surface area contributed by atoms with Gasteiger partial charge in [-0.3, -0.25) is 4.79 Å². The number of nitrogens with one attached hydrogen (secondary N) is 1. The monoisotopic (exact) mass is 363 g/mol. The number of aryl methyl sites for hydroxylation is 2. The Hall–Kier alpha value is -1.65. The molecule has 24 heavy (non-hydrogen) atoms. The van der Waals surface area contributed by atoms with Gasteiger partial charge in [0, 0.05) is 23.1 Å². The number of hydrogen-bond acceptors (Lipinski definition) is 3. The van der Waals surface area contributed by atoms with Gasteiger partial charge in [-0.15, -0.1) is 0 Å². The van der Waals surface area contributed by atoms with Gasteiger partial charge in [-0.2, -0.15) is 11.8 Å². The topological polar surface area (TPSA) is 38.3 Å². The molecule has 0 unspecified atom stereocenters. The standard InChI is InChI=1S/C19H22ClNO2S/c1-14-7-8-18(15(2)11-14)23-12-19(22)21-9-10-24-13-16-5-3-4-6-17(16)20/h3-8,11H,9-10,12-13H2,1-2H3,(H,21,22). The SMILES string of the molecule is Cc1ccc(OCC(=O)NCCSCc2ccccc2Cl)c(C)c1. The summed E-state index contributed by atoms with van der Waals surface area (Å²) in [5.74, 6) is 2.33. The highest BCUT2D eigenvalue weighted by molar-refractivity contribution is 7.98. The third kappa shape index (κ3) is 6.10. The Morgan fingerprint density at radius 2 is 2.00 bits per heavy atom. The fourth-order valence-corrected chi connectivity index (χ4v) is 3.36. The number of rotatable bonds is 8. The Kier molecular flexibility index (Phi) is 7.47. The molecule has 0 bridgehead atoms. The summed E-state index contributed by atoms with van der Waals surface area (Å²) in [5.41, 5.74) is 3.34. The molecule has 0 atom stereocenters. The number of halogens is 1. The van der Waals surface area contributed by atoms with E-state index in [4.69, 9.17) is 16.3 Å².